The van der Waals surface area contributed by atoms with Crippen molar-refractivity contribution in [1.29, 1.82) is 0 Å². The molecule has 3 saturated carbocycles. The molecule has 1 saturated heterocycles. The molecule has 4 rings (SSSR count). The highest BCUT2D eigenvalue weighted by molar-refractivity contribution is 5.92. The maximum atomic E-state index is 12.8. The first kappa shape index (κ1) is 11.3. The Bertz CT molecular complexity index is 368. The number of rotatable bonds is 4. The van der Waals surface area contributed by atoms with Crippen LogP contribution < -0.4 is 5.32 Å². The second-order valence-corrected chi connectivity index (χ2v) is 7.29. The summed E-state index contributed by atoms with van der Waals surface area (Å²) in [6, 6.07) is 0.567. The summed E-state index contributed by atoms with van der Waals surface area (Å²) in [5.74, 6) is 2.59. The number of carbonyl (C=O) groups is 1. The summed E-state index contributed by atoms with van der Waals surface area (Å²) in [6.07, 6.45) is 7.82. The summed E-state index contributed by atoms with van der Waals surface area (Å²) < 4.78 is 0. The Hall–Kier alpha value is -0.570. The van der Waals surface area contributed by atoms with Gasteiger partial charge in [0.15, 0.2) is 0 Å². The lowest BCUT2D eigenvalue weighted by Gasteiger charge is -2.35. The van der Waals surface area contributed by atoms with Crippen LogP contribution in [0.15, 0.2) is 0 Å². The molecule has 3 heteroatoms. The first-order valence-electron chi connectivity index (χ1n) is 7.73. The van der Waals surface area contributed by atoms with E-state index < -0.39 is 0 Å². The highest BCUT2D eigenvalue weighted by atomic mass is 16.2. The fraction of sp³-hybridized carbons (Fsp3) is 0.933. The lowest BCUT2D eigenvalue weighted by molar-refractivity contribution is -0.134. The number of nitrogens with zero attached hydrogens (tertiary/aromatic N) is 1. The molecule has 1 aliphatic heterocycles. The van der Waals surface area contributed by atoms with Crippen molar-refractivity contribution in [1.82, 2.24) is 10.2 Å². The summed E-state index contributed by atoms with van der Waals surface area (Å²) in [7, 11) is 0. The molecule has 1 spiro atoms. The zero-order chi connectivity index (χ0) is 12.5. The third-order valence-electron chi connectivity index (χ3n) is 5.28. The SMILES string of the molecule is CC(C)C1NC2(CC2)C(=O)N1C(C1CC1)C1CC1. The molecule has 1 heterocycles. The van der Waals surface area contributed by atoms with E-state index in [1.165, 1.54) is 25.7 Å². The van der Waals surface area contributed by atoms with Crippen molar-refractivity contribution < 1.29 is 4.79 Å². The maximum Gasteiger partial charge on any atom is 0.244 e. The quantitative estimate of drug-likeness (QED) is 0.826. The van der Waals surface area contributed by atoms with E-state index in [1.807, 2.05) is 0 Å². The predicted molar refractivity (Wildman–Crippen MR) is 69.8 cm³/mol. The molecule has 0 radical (unpaired) electrons. The highest BCUT2D eigenvalue weighted by Crippen LogP contribution is 2.52. The van der Waals surface area contributed by atoms with Crippen LogP contribution in [-0.4, -0.2) is 28.6 Å². The first-order chi connectivity index (χ1) is 8.62. The molecule has 1 atom stereocenters. The Kier molecular flexibility index (Phi) is 2.19. The molecule has 3 nitrogen and oxygen atoms in total. The summed E-state index contributed by atoms with van der Waals surface area (Å²) in [5, 5.41) is 3.66. The van der Waals surface area contributed by atoms with Crippen molar-refractivity contribution in [3.8, 4) is 0 Å². The second-order valence-electron chi connectivity index (χ2n) is 7.29. The second kappa shape index (κ2) is 3.50. The summed E-state index contributed by atoms with van der Waals surface area (Å²) in [4.78, 5) is 15.1. The van der Waals surface area contributed by atoms with E-state index in [0.29, 0.717) is 24.0 Å². The van der Waals surface area contributed by atoms with E-state index in [0.717, 1.165) is 24.7 Å². The van der Waals surface area contributed by atoms with E-state index >= 15 is 0 Å². The van der Waals surface area contributed by atoms with Gasteiger partial charge in [0.2, 0.25) is 5.91 Å². The number of hydrogen-bond donors (Lipinski definition) is 1. The number of amides is 1. The standard InChI is InChI=1S/C15H24N2O/c1-9(2)13-16-15(7-8-15)14(18)17(13)12(10-3-4-10)11-5-6-11/h9-13,16H,3-8H2,1-2H3. The van der Waals surface area contributed by atoms with E-state index in [9.17, 15) is 4.79 Å². The first-order valence-corrected chi connectivity index (χ1v) is 7.73. The van der Waals surface area contributed by atoms with Crippen LogP contribution in [0.4, 0.5) is 0 Å². The van der Waals surface area contributed by atoms with Crippen LogP contribution in [0.25, 0.3) is 0 Å². The minimum absolute atomic E-state index is 0.128. The van der Waals surface area contributed by atoms with Crippen molar-refractivity contribution in [3.63, 3.8) is 0 Å². The van der Waals surface area contributed by atoms with Crippen molar-refractivity contribution in [3.05, 3.63) is 0 Å². The summed E-state index contributed by atoms with van der Waals surface area (Å²) in [6.45, 7) is 4.49. The lowest BCUT2D eigenvalue weighted by atomic mass is 10.0. The average Bonchev–Trinajstić information content (AvgIpc) is 3.20. The zero-order valence-corrected chi connectivity index (χ0v) is 11.5. The van der Waals surface area contributed by atoms with Crippen LogP contribution in [0.1, 0.15) is 52.4 Å². The normalized spacial score (nSPS) is 34.1. The topological polar surface area (TPSA) is 32.3 Å². The van der Waals surface area contributed by atoms with Crippen molar-refractivity contribution in [2.75, 3.05) is 0 Å². The van der Waals surface area contributed by atoms with Crippen molar-refractivity contribution in [2.24, 2.45) is 17.8 Å². The predicted octanol–water partition coefficient (Wildman–Crippen LogP) is 2.12. The number of carbonyl (C=O) groups excluding carboxylic acids is 1. The minimum Gasteiger partial charge on any atom is -0.322 e. The van der Waals surface area contributed by atoms with Crippen LogP contribution in [0, 0.1) is 17.8 Å². The van der Waals surface area contributed by atoms with Gasteiger partial charge in [-0.25, -0.2) is 0 Å². The van der Waals surface area contributed by atoms with Gasteiger partial charge in [-0.05, 0) is 56.3 Å². The van der Waals surface area contributed by atoms with Gasteiger partial charge in [0.05, 0.1) is 11.7 Å². The van der Waals surface area contributed by atoms with E-state index in [4.69, 9.17) is 0 Å². The molecule has 4 aliphatic rings. The molecule has 0 aromatic heterocycles. The summed E-state index contributed by atoms with van der Waals surface area (Å²) >= 11 is 0. The van der Waals surface area contributed by atoms with Gasteiger partial charge >= 0.3 is 0 Å². The Morgan fingerprint density at radius 2 is 1.72 bits per heavy atom. The highest BCUT2D eigenvalue weighted by Gasteiger charge is 2.63. The molecule has 18 heavy (non-hydrogen) atoms. The summed E-state index contributed by atoms with van der Waals surface area (Å²) in [5.41, 5.74) is -0.128. The monoisotopic (exact) mass is 248 g/mol. The van der Waals surface area contributed by atoms with Gasteiger partial charge in [0.25, 0.3) is 0 Å². The molecule has 4 fully saturated rings. The Morgan fingerprint density at radius 3 is 2.11 bits per heavy atom. The molecule has 0 aromatic rings. The van der Waals surface area contributed by atoms with Crippen molar-refractivity contribution >= 4 is 5.91 Å². The Labute approximate surface area is 109 Å². The molecule has 1 unspecified atom stereocenters. The van der Waals surface area contributed by atoms with Crippen LogP contribution in [0.5, 0.6) is 0 Å². The number of nitrogens with one attached hydrogen (secondary N) is 1. The zero-order valence-electron chi connectivity index (χ0n) is 11.5. The molecule has 0 aromatic carbocycles. The molecule has 100 valence electrons. The van der Waals surface area contributed by atoms with Gasteiger partial charge in [-0.15, -0.1) is 0 Å². The lowest BCUT2D eigenvalue weighted by Crippen LogP contribution is -2.49. The van der Waals surface area contributed by atoms with Gasteiger partial charge < -0.3 is 4.90 Å². The van der Waals surface area contributed by atoms with Crippen LogP contribution in [0.3, 0.4) is 0 Å². The van der Waals surface area contributed by atoms with Crippen molar-refractivity contribution in [2.45, 2.75) is 70.1 Å². The van der Waals surface area contributed by atoms with Crippen LogP contribution >= 0.6 is 0 Å². The Balaban J connectivity index is 1.64. The van der Waals surface area contributed by atoms with Gasteiger partial charge in [-0.2, -0.15) is 0 Å². The number of hydrogen-bond acceptors (Lipinski definition) is 2. The van der Waals surface area contributed by atoms with E-state index in [-0.39, 0.29) is 5.54 Å². The largest absolute Gasteiger partial charge is 0.322 e. The maximum absolute atomic E-state index is 12.8. The van der Waals surface area contributed by atoms with Gasteiger partial charge in [-0.3, -0.25) is 10.1 Å². The molecular weight excluding hydrogens is 224 g/mol. The molecule has 0 bridgehead atoms. The van der Waals surface area contributed by atoms with Gasteiger partial charge in [0, 0.05) is 6.04 Å². The third-order valence-corrected chi connectivity index (χ3v) is 5.28. The minimum atomic E-state index is -0.128. The van der Waals surface area contributed by atoms with Crippen LogP contribution in [0.2, 0.25) is 0 Å². The molecule has 3 aliphatic carbocycles. The fourth-order valence-corrected chi connectivity index (χ4v) is 3.79. The van der Waals surface area contributed by atoms with Gasteiger partial charge in [-0.1, -0.05) is 13.8 Å². The smallest absolute Gasteiger partial charge is 0.244 e. The van der Waals surface area contributed by atoms with Crippen LogP contribution in [-0.2, 0) is 4.79 Å². The molecule has 1 N–H and O–H groups in total. The average molecular weight is 248 g/mol. The Morgan fingerprint density at radius 1 is 1.17 bits per heavy atom. The molecular formula is C15H24N2O. The van der Waals surface area contributed by atoms with Gasteiger partial charge in [0.1, 0.15) is 0 Å². The van der Waals surface area contributed by atoms with E-state index in [1.54, 1.807) is 0 Å². The molecule has 1 amide bonds. The fourth-order valence-electron chi connectivity index (χ4n) is 3.79. The van der Waals surface area contributed by atoms with E-state index in [2.05, 4.69) is 24.1 Å². The third kappa shape index (κ3) is 1.56.